The van der Waals surface area contributed by atoms with Crippen molar-refractivity contribution in [1.82, 2.24) is 0 Å². The minimum atomic E-state index is -1.79. The van der Waals surface area contributed by atoms with Crippen molar-refractivity contribution in [2.75, 3.05) is 34.3 Å². The molecule has 0 heterocycles. The summed E-state index contributed by atoms with van der Waals surface area (Å²) in [5, 5.41) is 28.1. The summed E-state index contributed by atoms with van der Waals surface area (Å²) < 4.78 is 0.330. The number of ketones is 1. The number of hydrogen-bond acceptors (Lipinski definition) is 4. The summed E-state index contributed by atoms with van der Waals surface area (Å²) in [6.07, 6.45) is 5.01. The zero-order valence-corrected chi connectivity index (χ0v) is 14.2. The van der Waals surface area contributed by atoms with Crippen molar-refractivity contribution in [3.8, 4) is 0 Å². The number of quaternary nitrogens is 1. The van der Waals surface area contributed by atoms with Gasteiger partial charge < -0.3 is 19.8 Å². The lowest BCUT2D eigenvalue weighted by Crippen LogP contribution is -2.54. The van der Waals surface area contributed by atoms with Crippen LogP contribution in [0.5, 0.6) is 0 Å². The number of rotatable bonds is 13. The standard InChI is InChI=1S/C16H31NO5/c1-17(2,3)13-16(22,12-15(20)21)14(19)10-8-6-4-5-7-9-11-18/h18,22H,4-13H2,1-3H3/p+1. The Bertz CT molecular complexity index is 351. The van der Waals surface area contributed by atoms with E-state index >= 15 is 0 Å². The number of carboxylic acid groups (broad SMARTS) is 1. The largest absolute Gasteiger partial charge is 0.481 e. The molecule has 0 aromatic rings. The second-order valence-electron chi connectivity index (χ2n) is 7.07. The number of hydrogen-bond donors (Lipinski definition) is 3. The molecule has 0 spiro atoms. The Morgan fingerprint density at radius 1 is 0.955 bits per heavy atom. The number of nitrogens with zero attached hydrogens (tertiary/aromatic N) is 1. The molecule has 0 fully saturated rings. The van der Waals surface area contributed by atoms with Crippen molar-refractivity contribution in [1.29, 1.82) is 0 Å². The Balaban J connectivity index is 4.31. The van der Waals surface area contributed by atoms with Crippen LogP contribution in [-0.4, -0.2) is 71.5 Å². The molecule has 6 nitrogen and oxygen atoms in total. The maximum absolute atomic E-state index is 12.3. The van der Waals surface area contributed by atoms with E-state index in [9.17, 15) is 14.7 Å². The molecule has 0 aliphatic heterocycles. The number of aliphatic hydroxyl groups excluding tert-OH is 1. The van der Waals surface area contributed by atoms with Crippen LogP contribution in [0.1, 0.15) is 51.4 Å². The van der Waals surface area contributed by atoms with E-state index in [4.69, 9.17) is 10.2 Å². The van der Waals surface area contributed by atoms with Gasteiger partial charge in [0.15, 0.2) is 11.4 Å². The van der Waals surface area contributed by atoms with Crippen LogP contribution < -0.4 is 0 Å². The number of aliphatic carboxylic acids is 1. The minimum absolute atomic E-state index is 0.0919. The van der Waals surface area contributed by atoms with Crippen molar-refractivity contribution in [3.63, 3.8) is 0 Å². The van der Waals surface area contributed by atoms with Gasteiger partial charge in [0.2, 0.25) is 0 Å². The van der Waals surface area contributed by atoms with Crippen LogP contribution >= 0.6 is 0 Å². The molecule has 6 heteroatoms. The third kappa shape index (κ3) is 9.87. The highest BCUT2D eigenvalue weighted by Gasteiger charge is 2.42. The van der Waals surface area contributed by atoms with Gasteiger partial charge in [-0.05, 0) is 12.8 Å². The Morgan fingerprint density at radius 2 is 1.45 bits per heavy atom. The van der Waals surface area contributed by atoms with Gasteiger partial charge in [0.05, 0.1) is 27.6 Å². The monoisotopic (exact) mass is 318 g/mol. The third-order valence-electron chi connectivity index (χ3n) is 3.51. The average molecular weight is 318 g/mol. The second kappa shape index (κ2) is 9.92. The second-order valence-corrected chi connectivity index (χ2v) is 7.07. The Hall–Kier alpha value is -0.980. The van der Waals surface area contributed by atoms with Crippen LogP contribution in [0.25, 0.3) is 0 Å². The number of Topliss-reactive ketones (excluding diaryl/α,β-unsaturated/α-hetero) is 1. The lowest BCUT2D eigenvalue weighted by Gasteiger charge is -2.33. The molecule has 130 valence electrons. The number of carbonyl (C=O) groups excluding carboxylic acids is 1. The van der Waals surface area contributed by atoms with E-state index < -0.39 is 18.0 Å². The van der Waals surface area contributed by atoms with Crippen molar-refractivity contribution >= 4 is 11.8 Å². The Morgan fingerprint density at radius 3 is 1.91 bits per heavy atom. The van der Waals surface area contributed by atoms with Crippen LogP contribution in [0, 0.1) is 0 Å². The van der Waals surface area contributed by atoms with Crippen molar-refractivity contribution < 1.29 is 29.4 Å². The zero-order valence-electron chi connectivity index (χ0n) is 14.2. The summed E-state index contributed by atoms with van der Waals surface area (Å²) in [5.74, 6) is -1.54. The molecule has 0 saturated heterocycles. The molecule has 0 aromatic carbocycles. The fourth-order valence-corrected chi connectivity index (χ4v) is 2.61. The molecule has 0 amide bonds. The highest BCUT2D eigenvalue weighted by Crippen LogP contribution is 2.20. The molecule has 0 saturated carbocycles. The van der Waals surface area contributed by atoms with Gasteiger partial charge in [0.25, 0.3) is 0 Å². The summed E-state index contributed by atoms with van der Waals surface area (Å²) in [5.41, 5.74) is -1.79. The SMILES string of the molecule is C[N+](C)(C)CC(O)(CC(=O)O)C(=O)CCCCCCCCO. The molecule has 0 radical (unpaired) electrons. The number of aliphatic hydroxyl groups is 2. The van der Waals surface area contributed by atoms with Crippen molar-refractivity contribution in [2.45, 2.75) is 57.0 Å². The smallest absolute Gasteiger partial charge is 0.306 e. The van der Waals surface area contributed by atoms with E-state index in [0.29, 0.717) is 10.9 Å². The molecule has 0 aliphatic carbocycles. The molecule has 3 N–H and O–H groups in total. The number of carbonyl (C=O) groups is 2. The number of carboxylic acids is 1. The van der Waals surface area contributed by atoms with Crippen LogP contribution in [0.4, 0.5) is 0 Å². The van der Waals surface area contributed by atoms with Gasteiger partial charge >= 0.3 is 5.97 Å². The lowest BCUT2D eigenvalue weighted by molar-refractivity contribution is -0.875. The van der Waals surface area contributed by atoms with E-state index in [1.54, 1.807) is 0 Å². The Labute approximate surface area is 133 Å². The molecular weight excluding hydrogens is 286 g/mol. The molecule has 22 heavy (non-hydrogen) atoms. The molecule has 0 rings (SSSR count). The van der Waals surface area contributed by atoms with Crippen LogP contribution in [0.2, 0.25) is 0 Å². The third-order valence-corrected chi connectivity index (χ3v) is 3.51. The zero-order chi connectivity index (χ0) is 17.2. The van der Waals surface area contributed by atoms with E-state index in [1.807, 2.05) is 21.1 Å². The van der Waals surface area contributed by atoms with Gasteiger partial charge in [0.1, 0.15) is 6.54 Å². The fourth-order valence-electron chi connectivity index (χ4n) is 2.61. The summed E-state index contributed by atoms with van der Waals surface area (Å²) in [6, 6.07) is 0. The van der Waals surface area contributed by atoms with E-state index in [-0.39, 0.29) is 25.4 Å². The maximum Gasteiger partial charge on any atom is 0.306 e. The lowest BCUT2D eigenvalue weighted by atomic mass is 9.89. The first-order chi connectivity index (χ1) is 10.1. The van der Waals surface area contributed by atoms with Crippen LogP contribution in [0.3, 0.4) is 0 Å². The van der Waals surface area contributed by atoms with Gasteiger partial charge in [-0.15, -0.1) is 0 Å². The average Bonchev–Trinajstić information content (AvgIpc) is 2.34. The first kappa shape index (κ1) is 21.0. The quantitative estimate of drug-likeness (QED) is 0.350. The molecule has 0 aromatic heterocycles. The van der Waals surface area contributed by atoms with Gasteiger partial charge in [-0.3, -0.25) is 9.59 Å². The minimum Gasteiger partial charge on any atom is -0.481 e. The highest BCUT2D eigenvalue weighted by molar-refractivity contribution is 5.90. The van der Waals surface area contributed by atoms with E-state index in [1.165, 1.54) is 0 Å². The normalized spacial score (nSPS) is 14.6. The van der Waals surface area contributed by atoms with Gasteiger partial charge in [-0.25, -0.2) is 0 Å². The van der Waals surface area contributed by atoms with Gasteiger partial charge in [0, 0.05) is 13.0 Å². The molecule has 1 atom stereocenters. The summed E-state index contributed by atoms with van der Waals surface area (Å²) in [4.78, 5) is 23.2. The van der Waals surface area contributed by atoms with Crippen molar-refractivity contribution in [2.24, 2.45) is 0 Å². The molecule has 0 bridgehead atoms. The van der Waals surface area contributed by atoms with Gasteiger partial charge in [-0.2, -0.15) is 0 Å². The van der Waals surface area contributed by atoms with E-state index in [0.717, 1.165) is 32.1 Å². The summed E-state index contributed by atoms with van der Waals surface area (Å²) in [6.45, 7) is 0.306. The predicted octanol–water partition coefficient (Wildman–Crippen LogP) is 1.19. The Kier molecular flexibility index (Phi) is 9.48. The first-order valence-corrected chi connectivity index (χ1v) is 7.99. The highest BCUT2D eigenvalue weighted by atomic mass is 16.4. The fraction of sp³-hybridized carbons (Fsp3) is 0.875. The van der Waals surface area contributed by atoms with Crippen LogP contribution in [-0.2, 0) is 9.59 Å². The van der Waals surface area contributed by atoms with Crippen LogP contribution in [0.15, 0.2) is 0 Å². The topological polar surface area (TPSA) is 94.8 Å². The molecular formula is C16H32NO5+. The number of likely N-dealkylation sites (N-methyl/N-ethyl adjacent to an activating group) is 1. The van der Waals surface area contributed by atoms with Gasteiger partial charge in [-0.1, -0.05) is 25.7 Å². The summed E-state index contributed by atoms with van der Waals surface area (Å²) in [7, 11) is 5.46. The first-order valence-electron chi connectivity index (χ1n) is 7.99. The maximum atomic E-state index is 12.3. The molecule has 1 unspecified atom stereocenters. The summed E-state index contributed by atoms with van der Waals surface area (Å²) >= 11 is 0. The van der Waals surface area contributed by atoms with Crippen molar-refractivity contribution in [3.05, 3.63) is 0 Å². The number of unbranched alkanes of at least 4 members (excludes halogenated alkanes) is 5. The predicted molar refractivity (Wildman–Crippen MR) is 84.5 cm³/mol. The molecule has 0 aliphatic rings. The van der Waals surface area contributed by atoms with E-state index in [2.05, 4.69) is 0 Å².